The van der Waals surface area contributed by atoms with Gasteiger partial charge in [-0.25, -0.2) is 0 Å². The van der Waals surface area contributed by atoms with Crippen LogP contribution in [0.4, 0.5) is 5.69 Å². The fourth-order valence-corrected chi connectivity index (χ4v) is 4.21. The van der Waals surface area contributed by atoms with Crippen LogP contribution in [0, 0.1) is 6.92 Å². The number of rotatable bonds is 6. The van der Waals surface area contributed by atoms with Gasteiger partial charge in [0.15, 0.2) is 0 Å². The first-order valence-corrected chi connectivity index (χ1v) is 11.4. The van der Waals surface area contributed by atoms with Crippen LogP contribution >= 0.6 is 0 Å². The quantitative estimate of drug-likeness (QED) is 0.299. The molecule has 0 spiro atoms. The van der Waals surface area contributed by atoms with Crippen LogP contribution in [0.25, 0.3) is 5.76 Å². The molecule has 1 unspecified atom stereocenters. The normalized spacial score (nSPS) is 17.4. The smallest absolute Gasteiger partial charge is 0.300 e. The monoisotopic (exact) mass is 456 g/mol. The van der Waals surface area contributed by atoms with E-state index in [1.54, 1.807) is 48.7 Å². The number of carbonyl (C=O) groups is 2. The molecule has 2 aromatic carbocycles. The summed E-state index contributed by atoms with van der Waals surface area (Å²) < 4.78 is 5.73. The highest BCUT2D eigenvalue weighted by atomic mass is 16.5. The Labute approximate surface area is 199 Å². The predicted octanol–water partition coefficient (Wildman–Crippen LogP) is 5.54. The van der Waals surface area contributed by atoms with E-state index in [4.69, 9.17) is 4.74 Å². The summed E-state index contributed by atoms with van der Waals surface area (Å²) in [5.74, 6) is -0.801. The van der Waals surface area contributed by atoms with Gasteiger partial charge in [-0.2, -0.15) is 0 Å². The van der Waals surface area contributed by atoms with E-state index in [1.165, 1.54) is 4.90 Å². The molecular formula is C28H28N2O4. The van der Waals surface area contributed by atoms with Crippen molar-refractivity contribution in [2.24, 2.45) is 0 Å². The Hall–Kier alpha value is -3.93. The van der Waals surface area contributed by atoms with E-state index in [-0.39, 0.29) is 17.3 Å². The second kappa shape index (κ2) is 9.51. The van der Waals surface area contributed by atoms with E-state index in [0.29, 0.717) is 23.6 Å². The SMILES string of the molecule is CCOc1ccc(/C(O)=C2/C(=O)C(=O)N(c3ccc(C)cc3)C2c2ccccn2)cc1C(C)C. The number of aliphatic hydroxyl groups is 1. The molecule has 0 saturated carbocycles. The molecule has 34 heavy (non-hydrogen) atoms. The maximum Gasteiger partial charge on any atom is 0.300 e. The molecule has 3 aromatic rings. The molecule has 6 nitrogen and oxygen atoms in total. The van der Waals surface area contributed by atoms with Crippen LogP contribution in [0.3, 0.4) is 0 Å². The van der Waals surface area contributed by atoms with Crippen molar-refractivity contribution >= 4 is 23.1 Å². The summed E-state index contributed by atoms with van der Waals surface area (Å²) in [5.41, 5.74) is 3.48. The molecule has 0 bridgehead atoms. The molecule has 1 aromatic heterocycles. The van der Waals surface area contributed by atoms with E-state index in [0.717, 1.165) is 16.9 Å². The van der Waals surface area contributed by atoms with Gasteiger partial charge in [0.05, 0.1) is 17.9 Å². The highest BCUT2D eigenvalue weighted by Gasteiger charge is 2.47. The van der Waals surface area contributed by atoms with E-state index in [9.17, 15) is 14.7 Å². The van der Waals surface area contributed by atoms with Crippen molar-refractivity contribution in [3.63, 3.8) is 0 Å². The number of hydrogen-bond donors (Lipinski definition) is 1. The minimum atomic E-state index is -0.849. The molecule has 1 fully saturated rings. The van der Waals surface area contributed by atoms with Crippen LogP contribution in [0.5, 0.6) is 5.75 Å². The number of ketones is 1. The summed E-state index contributed by atoms with van der Waals surface area (Å²) in [6.07, 6.45) is 1.61. The third-order valence-electron chi connectivity index (χ3n) is 5.93. The van der Waals surface area contributed by atoms with Gasteiger partial charge in [0.2, 0.25) is 0 Å². The number of benzene rings is 2. The minimum Gasteiger partial charge on any atom is -0.507 e. The van der Waals surface area contributed by atoms with Crippen LogP contribution in [-0.4, -0.2) is 28.4 Å². The molecule has 1 aliphatic rings. The van der Waals surface area contributed by atoms with Crippen molar-refractivity contribution in [3.8, 4) is 5.75 Å². The molecule has 2 heterocycles. The lowest BCUT2D eigenvalue weighted by Gasteiger charge is -2.24. The van der Waals surface area contributed by atoms with Gasteiger partial charge >= 0.3 is 0 Å². The Morgan fingerprint density at radius 3 is 2.44 bits per heavy atom. The summed E-state index contributed by atoms with van der Waals surface area (Å²) in [4.78, 5) is 32.3. The summed E-state index contributed by atoms with van der Waals surface area (Å²) in [5, 5.41) is 11.4. The van der Waals surface area contributed by atoms with Crippen LogP contribution in [0.2, 0.25) is 0 Å². The van der Waals surface area contributed by atoms with Crippen molar-refractivity contribution in [3.05, 3.63) is 94.8 Å². The number of hydrogen-bond acceptors (Lipinski definition) is 5. The van der Waals surface area contributed by atoms with Gasteiger partial charge in [-0.15, -0.1) is 0 Å². The molecular weight excluding hydrogens is 428 g/mol. The first-order chi connectivity index (χ1) is 16.3. The van der Waals surface area contributed by atoms with Crippen LogP contribution in [-0.2, 0) is 9.59 Å². The number of aryl methyl sites for hydroxylation is 1. The highest BCUT2D eigenvalue weighted by Crippen LogP contribution is 2.42. The van der Waals surface area contributed by atoms with Crippen LogP contribution in [0.15, 0.2) is 72.4 Å². The Morgan fingerprint density at radius 1 is 1.09 bits per heavy atom. The van der Waals surface area contributed by atoms with Gasteiger partial charge in [0.25, 0.3) is 11.7 Å². The van der Waals surface area contributed by atoms with Crippen LogP contribution < -0.4 is 9.64 Å². The molecule has 6 heteroatoms. The number of carbonyl (C=O) groups excluding carboxylic acids is 2. The summed E-state index contributed by atoms with van der Waals surface area (Å²) in [6, 6.07) is 17.1. The maximum absolute atomic E-state index is 13.3. The van der Waals surface area contributed by atoms with E-state index in [1.807, 2.05) is 45.9 Å². The molecule has 1 atom stereocenters. The van der Waals surface area contributed by atoms with Gasteiger partial charge in [-0.1, -0.05) is 37.6 Å². The number of nitrogens with zero attached hydrogens (tertiary/aromatic N) is 2. The second-order valence-electron chi connectivity index (χ2n) is 8.60. The number of aromatic nitrogens is 1. The zero-order chi connectivity index (χ0) is 24.4. The predicted molar refractivity (Wildman–Crippen MR) is 132 cm³/mol. The second-order valence-corrected chi connectivity index (χ2v) is 8.60. The number of aliphatic hydroxyl groups excluding tert-OH is 1. The summed E-state index contributed by atoms with van der Waals surface area (Å²) >= 11 is 0. The largest absolute Gasteiger partial charge is 0.507 e. The number of anilines is 1. The molecule has 1 aliphatic heterocycles. The summed E-state index contributed by atoms with van der Waals surface area (Å²) in [7, 11) is 0. The van der Waals surface area contributed by atoms with Crippen LogP contribution in [0.1, 0.15) is 55.1 Å². The molecule has 0 radical (unpaired) electrons. The summed E-state index contributed by atoms with van der Waals surface area (Å²) in [6.45, 7) is 8.45. The van der Waals surface area contributed by atoms with E-state index < -0.39 is 17.7 Å². The third kappa shape index (κ3) is 4.19. The standard InChI is InChI=1S/C28H28N2O4/c1-5-34-23-14-11-19(16-21(23)17(2)3)26(31)24-25(22-8-6-7-15-29-22)30(28(33)27(24)32)20-12-9-18(4)10-13-20/h6-17,25,31H,5H2,1-4H3/b26-24-. The zero-order valence-corrected chi connectivity index (χ0v) is 19.8. The molecule has 1 N–H and O–H groups in total. The lowest BCUT2D eigenvalue weighted by atomic mass is 9.94. The molecule has 1 amide bonds. The molecule has 0 aliphatic carbocycles. The van der Waals surface area contributed by atoms with Crippen molar-refractivity contribution in [1.29, 1.82) is 0 Å². The average molecular weight is 457 g/mol. The first-order valence-electron chi connectivity index (χ1n) is 11.4. The highest BCUT2D eigenvalue weighted by molar-refractivity contribution is 6.51. The molecule has 174 valence electrons. The Morgan fingerprint density at radius 2 is 1.82 bits per heavy atom. The molecule has 1 saturated heterocycles. The maximum atomic E-state index is 13.3. The van der Waals surface area contributed by atoms with Crippen molar-refractivity contribution in [2.45, 2.75) is 39.7 Å². The Bertz CT molecular complexity index is 1250. The number of ether oxygens (including phenoxy) is 1. The first kappa shape index (κ1) is 23.2. The van der Waals surface area contributed by atoms with Crippen molar-refractivity contribution in [2.75, 3.05) is 11.5 Å². The lowest BCUT2D eigenvalue weighted by Crippen LogP contribution is -2.29. The van der Waals surface area contributed by atoms with Gasteiger partial charge < -0.3 is 9.84 Å². The van der Waals surface area contributed by atoms with Gasteiger partial charge in [-0.05, 0) is 67.8 Å². The average Bonchev–Trinajstić information content (AvgIpc) is 3.10. The van der Waals surface area contributed by atoms with Gasteiger partial charge in [-0.3, -0.25) is 19.5 Å². The number of amides is 1. The fraction of sp³-hybridized carbons (Fsp3) is 0.250. The molecule has 4 rings (SSSR count). The Balaban J connectivity index is 1.91. The number of Topliss-reactive ketones (excluding diaryl/α,β-unsaturated/α-hetero) is 1. The Kier molecular flexibility index (Phi) is 6.50. The third-order valence-corrected chi connectivity index (χ3v) is 5.93. The number of pyridine rings is 1. The fourth-order valence-electron chi connectivity index (χ4n) is 4.21. The zero-order valence-electron chi connectivity index (χ0n) is 19.8. The topological polar surface area (TPSA) is 79.7 Å². The lowest BCUT2D eigenvalue weighted by molar-refractivity contribution is -0.132. The van der Waals surface area contributed by atoms with Gasteiger partial charge in [0.1, 0.15) is 17.6 Å². The van der Waals surface area contributed by atoms with Gasteiger partial charge in [0, 0.05) is 17.4 Å². The van der Waals surface area contributed by atoms with Crippen molar-refractivity contribution < 1.29 is 19.4 Å². The van der Waals surface area contributed by atoms with E-state index >= 15 is 0 Å². The minimum absolute atomic E-state index is 0.0168. The van der Waals surface area contributed by atoms with Crippen molar-refractivity contribution in [1.82, 2.24) is 4.98 Å². The van der Waals surface area contributed by atoms with E-state index in [2.05, 4.69) is 4.98 Å².